The molecule has 3 heteroatoms. The number of benzene rings is 2. The third-order valence-electron chi connectivity index (χ3n) is 3.29. The van der Waals surface area contributed by atoms with Crippen LogP contribution in [0.5, 0.6) is 0 Å². The molecule has 0 aliphatic carbocycles. The molecule has 19 heavy (non-hydrogen) atoms. The molecule has 0 radical (unpaired) electrons. The summed E-state index contributed by atoms with van der Waals surface area (Å²) in [5.41, 5.74) is 5.61. The molecule has 0 amide bonds. The molecule has 0 spiro atoms. The smallest absolute Gasteiger partial charge is 0.113 e. The zero-order valence-electron chi connectivity index (χ0n) is 11.0. The lowest BCUT2D eigenvalue weighted by molar-refractivity contribution is 0.863. The molecule has 0 aliphatic rings. The Morgan fingerprint density at radius 1 is 1.00 bits per heavy atom. The average Bonchev–Trinajstić information content (AvgIpc) is 2.80. The highest BCUT2D eigenvalue weighted by Gasteiger charge is 2.04. The minimum Gasteiger partial charge on any atom is -0.220 e. The Balaban J connectivity index is 2.02. The molecule has 0 atom stereocenters. The molecule has 3 rings (SSSR count). The van der Waals surface area contributed by atoms with E-state index in [0.717, 1.165) is 16.6 Å². The minimum atomic E-state index is 0.931. The maximum Gasteiger partial charge on any atom is 0.113 e. The Labute approximate surface area is 112 Å². The molecule has 3 aromatic rings. The fourth-order valence-corrected chi connectivity index (χ4v) is 2.02. The van der Waals surface area contributed by atoms with Gasteiger partial charge in [-0.25, -0.2) is 4.68 Å². The predicted molar refractivity (Wildman–Crippen MR) is 78.7 cm³/mol. The van der Waals surface area contributed by atoms with Crippen LogP contribution in [-0.2, 0) is 0 Å². The van der Waals surface area contributed by atoms with Crippen LogP contribution in [0.4, 0.5) is 0 Å². The first kappa shape index (κ1) is 11.7. The van der Waals surface area contributed by atoms with E-state index in [9.17, 15) is 0 Å². The van der Waals surface area contributed by atoms with Gasteiger partial charge >= 0.3 is 0 Å². The largest absolute Gasteiger partial charge is 0.220 e. The van der Waals surface area contributed by atoms with E-state index in [1.807, 2.05) is 35.2 Å². The van der Waals surface area contributed by atoms with Crippen molar-refractivity contribution in [1.29, 1.82) is 0 Å². The Morgan fingerprint density at radius 3 is 2.53 bits per heavy atom. The second-order valence-electron chi connectivity index (χ2n) is 4.69. The van der Waals surface area contributed by atoms with Crippen LogP contribution in [0.1, 0.15) is 16.7 Å². The van der Waals surface area contributed by atoms with Crippen molar-refractivity contribution in [2.24, 2.45) is 0 Å². The van der Waals surface area contributed by atoms with Gasteiger partial charge in [0.2, 0.25) is 0 Å². The van der Waals surface area contributed by atoms with Gasteiger partial charge in [0.25, 0.3) is 0 Å². The summed E-state index contributed by atoms with van der Waals surface area (Å²) in [6.07, 6.45) is 3.97. The van der Waals surface area contributed by atoms with E-state index in [4.69, 9.17) is 0 Å². The van der Waals surface area contributed by atoms with Gasteiger partial charge in [0, 0.05) is 6.20 Å². The van der Waals surface area contributed by atoms with Crippen LogP contribution in [0.15, 0.2) is 42.5 Å². The summed E-state index contributed by atoms with van der Waals surface area (Å²) < 4.78 is 1.81. The summed E-state index contributed by atoms with van der Waals surface area (Å²) in [7, 11) is 0. The zero-order valence-corrected chi connectivity index (χ0v) is 11.0. The van der Waals surface area contributed by atoms with E-state index in [1.165, 1.54) is 11.1 Å². The molecule has 0 fully saturated rings. The average molecular weight is 249 g/mol. The first-order valence-corrected chi connectivity index (χ1v) is 6.29. The Morgan fingerprint density at radius 2 is 1.74 bits per heavy atom. The topological polar surface area (TPSA) is 30.7 Å². The molecule has 0 bridgehead atoms. The van der Waals surface area contributed by atoms with E-state index in [0.29, 0.717) is 0 Å². The van der Waals surface area contributed by atoms with E-state index >= 15 is 0 Å². The van der Waals surface area contributed by atoms with Gasteiger partial charge < -0.3 is 0 Å². The maximum atomic E-state index is 4.19. The van der Waals surface area contributed by atoms with Crippen molar-refractivity contribution in [3.05, 3.63) is 59.2 Å². The number of aromatic nitrogens is 3. The summed E-state index contributed by atoms with van der Waals surface area (Å²) in [6, 6.07) is 14.4. The SMILES string of the molecule is Cc1cc2nnn(/C=C/c3ccccc3)c2cc1C. The van der Waals surface area contributed by atoms with Crippen molar-refractivity contribution in [2.75, 3.05) is 0 Å². The monoisotopic (exact) mass is 249 g/mol. The third kappa shape index (κ3) is 2.27. The predicted octanol–water partition coefficient (Wildman–Crippen LogP) is 3.68. The maximum absolute atomic E-state index is 4.19. The first-order chi connectivity index (χ1) is 9.24. The lowest BCUT2D eigenvalue weighted by Crippen LogP contribution is -1.89. The van der Waals surface area contributed by atoms with E-state index in [2.05, 4.69) is 48.4 Å². The van der Waals surface area contributed by atoms with Crippen molar-refractivity contribution in [1.82, 2.24) is 15.0 Å². The molecular weight excluding hydrogens is 234 g/mol. The van der Waals surface area contributed by atoms with Crippen molar-refractivity contribution in [2.45, 2.75) is 13.8 Å². The fourth-order valence-electron chi connectivity index (χ4n) is 2.02. The summed E-state index contributed by atoms with van der Waals surface area (Å²) in [6.45, 7) is 4.20. The van der Waals surface area contributed by atoms with Crippen LogP contribution in [0.2, 0.25) is 0 Å². The van der Waals surface area contributed by atoms with Gasteiger partial charge in [-0.1, -0.05) is 35.5 Å². The quantitative estimate of drug-likeness (QED) is 0.693. The van der Waals surface area contributed by atoms with Crippen LogP contribution < -0.4 is 0 Å². The summed E-state index contributed by atoms with van der Waals surface area (Å²) in [5.74, 6) is 0. The van der Waals surface area contributed by atoms with Gasteiger partial charge in [0.15, 0.2) is 0 Å². The van der Waals surface area contributed by atoms with Crippen LogP contribution in [0.3, 0.4) is 0 Å². The second kappa shape index (κ2) is 4.69. The number of hydrogen-bond acceptors (Lipinski definition) is 2. The zero-order chi connectivity index (χ0) is 13.2. The fraction of sp³-hybridized carbons (Fsp3) is 0.125. The van der Waals surface area contributed by atoms with Gasteiger partial charge in [0.1, 0.15) is 5.52 Å². The minimum absolute atomic E-state index is 0.931. The number of rotatable bonds is 2. The van der Waals surface area contributed by atoms with Crippen LogP contribution >= 0.6 is 0 Å². The molecule has 0 aliphatic heterocycles. The van der Waals surface area contributed by atoms with E-state index < -0.39 is 0 Å². The van der Waals surface area contributed by atoms with Crippen molar-refractivity contribution < 1.29 is 0 Å². The Kier molecular flexibility index (Phi) is 2.88. The second-order valence-corrected chi connectivity index (χ2v) is 4.69. The summed E-state index contributed by atoms with van der Waals surface area (Å²) in [4.78, 5) is 0. The Hall–Kier alpha value is -2.42. The molecule has 0 unspecified atom stereocenters. The van der Waals surface area contributed by atoms with Crippen molar-refractivity contribution in [3.63, 3.8) is 0 Å². The van der Waals surface area contributed by atoms with Gasteiger partial charge in [-0.15, -0.1) is 5.10 Å². The molecule has 0 saturated carbocycles. The highest BCUT2D eigenvalue weighted by atomic mass is 15.4. The van der Waals surface area contributed by atoms with Crippen LogP contribution in [0.25, 0.3) is 23.3 Å². The lowest BCUT2D eigenvalue weighted by Gasteiger charge is -2.00. The highest BCUT2D eigenvalue weighted by molar-refractivity contribution is 5.79. The van der Waals surface area contributed by atoms with Crippen molar-refractivity contribution in [3.8, 4) is 0 Å². The summed E-state index contributed by atoms with van der Waals surface area (Å²) in [5, 5.41) is 8.37. The standard InChI is InChI=1S/C16H15N3/c1-12-10-15-16(11-13(12)2)19(18-17-15)9-8-14-6-4-3-5-7-14/h3-11H,1-2H3/b9-8+. The highest BCUT2D eigenvalue weighted by Crippen LogP contribution is 2.17. The molecule has 94 valence electrons. The van der Waals surface area contributed by atoms with Gasteiger partial charge in [-0.2, -0.15) is 0 Å². The molecular formula is C16H15N3. The Bertz CT molecular complexity index is 739. The molecule has 0 N–H and O–H groups in total. The molecule has 0 saturated heterocycles. The third-order valence-corrected chi connectivity index (χ3v) is 3.29. The van der Waals surface area contributed by atoms with Crippen LogP contribution in [-0.4, -0.2) is 15.0 Å². The number of fused-ring (bicyclic) bond motifs is 1. The number of hydrogen-bond donors (Lipinski definition) is 0. The molecule has 2 aromatic carbocycles. The van der Waals surface area contributed by atoms with Crippen molar-refractivity contribution >= 4 is 23.3 Å². The van der Waals surface area contributed by atoms with Crippen LogP contribution in [0, 0.1) is 13.8 Å². The number of nitrogens with zero attached hydrogens (tertiary/aromatic N) is 3. The summed E-state index contributed by atoms with van der Waals surface area (Å²) >= 11 is 0. The molecule has 1 aromatic heterocycles. The van der Waals surface area contributed by atoms with E-state index in [-0.39, 0.29) is 0 Å². The van der Waals surface area contributed by atoms with Gasteiger partial charge in [-0.05, 0) is 48.7 Å². The number of aryl methyl sites for hydroxylation is 2. The molecule has 3 nitrogen and oxygen atoms in total. The first-order valence-electron chi connectivity index (χ1n) is 6.29. The normalized spacial score (nSPS) is 11.5. The lowest BCUT2D eigenvalue weighted by atomic mass is 10.1. The van der Waals surface area contributed by atoms with Gasteiger partial charge in [-0.3, -0.25) is 0 Å². The molecule has 1 heterocycles. The van der Waals surface area contributed by atoms with Gasteiger partial charge in [0.05, 0.1) is 5.52 Å². The van der Waals surface area contributed by atoms with E-state index in [1.54, 1.807) is 0 Å².